The van der Waals surface area contributed by atoms with Gasteiger partial charge in [0.05, 0.1) is 0 Å². The van der Waals surface area contributed by atoms with Gasteiger partial charge in [-0.3, -0.25) is 0 Å². The van der Waals surface area contributed by atoms with Gasteiger partial charge < -0.3 is 24.8 Å². The zero-order valence-corrected chi connectivity index (χ0v) is 32.3. The van der Waals surface area contributed by atoms with Crippen LogP contribution in [0.15, 0.2) is 109 Å². The van der Waals surface area contributed by atoms with E-state index >= 15 is 0 Å². The van der Waals surface area contributed by atoms with Crippen LogP contribution in [0.3, 0.4) is 0 Å². The van der Waals surface area contributed by atoms with E-state index in [1.807, 2.05) is 30.3 Å². The minimum atomic E-state index is -0.488. The van der Waals surface area contributed by atoms with Crippen LogP contribution in [-0.2, 0) is 40.6 Å². The Bertz CT molecular complexity index is 1490. The van der Waals surface area contributed by atoms with Crippen molar-refractivity contribution in [2.75, 3.05) is 0 Å². The van der Waals surface area contributed by atoms with E-state index in [4.69, 9.17) is 0 Å². The van der Waals surface area contributed by atoms with Gasteiger partial charge in [0, 0.05) is 0 Å². The summed E-state index contributed by atoms with van der Waals surface area (Å²) in [6.45, 7) is 17.9. The fourth-order valence-corrected chi connectivity index (χ4v) is 8.70. The second-order valence-corrected chi connectivity index (χ2v) is 19.0. The largest absolute Gasteiger partial charge is 1.00 e. The van der Waals surface area contributed by atoms with Crippen molar-refractivity contribution >= 4 is 15.8 Å². The van der Waals surface area contributed by atoms with E-state index in [9.17, 15) is 0 Å². The minimum absolute atomic E-state index is 0. The van der Waals surface area contributed by atoms with Gasteiger partial charge >= 0.3 is 113 Å². The Hall–Kier alpha value is -2.09. The minimum Gasteiger partial charge on any atom is -1.00 e. The Balaban J connectivity index is 0.000000260. The molecule has 5 aromatic rings. The molecular weight excluding hydrogens is 671 g/mol. The molecule has 0 heterocycles. The quantitative estimate of drug-likeness (QED) is 0.191. The molecule has 0 radical (unpaired) electrons. The number of rotatable bonds is 2. The van der Waals surface area contributed by atoms with Gasteiger partial charge in [-0.05, 0) is 17.4 Å². The first-order valence-electron chi connectivity index (χ1n) is 14.9. The van der Waals surface area contributed by atoms with Gasteiger partial charge in [-0.25, -0.2) is 12.1 Å². The van der Waals surface area contributed by atoms with Gasteiger partial charge in [0.25, 0.3) is 0 Å². The molecule has 6 rings (SSSR count). The van der Waals surface area contributed by atoms with Crippen LogP contribution in [0.1, 0.15) is 74.9 Å². The Morgan fingerprint density at radius 3 is 1.57 bits per heavy atom. The fraction of sp³-hybridized carbons (Fsp3) is 0.275. The summed E-state index contributed by atoms with van der Waals surface area (Å²) in [5.74, 6) is 0. The van der Waals surface area contributed by atoms with Crippen LogP contribution in [-0.4, -0.2) is 5.43 Å². The Labute approximate surface area is 294 Å². The molecule has 0 N–H and O–H groups in total. The Kier molecular flexibility index (Phi) is 14.3. The van der Waals surface area contributed by atoms with Crippen LogP contribution in [0.2, 0.25) is 0 Å². The molecule has 0 nitrogen and oxygen atoms in total. The molecule has 4 heteroatoms. The van der Waals surface area contributed by atoms with E-state index in [2.05, 4.69) is 140 Å². The summed E-state index contributed by atoms with van der Waals surface area (Å²) in [6.07, 6.45) is 1.03. The summed E-state index contributed by atoms with van der Waals surface area (Å²) in [5, 5.41) is 3.05. The predicted octanol–water partition coefficient (Wildman–Crippen LogP) is 3.02. The van der Waals surface area contributed by atoms with Crippen LogP contribution < -0.4 is 35.2 Å². The number of fused-ring (bicyclic) bond motifs is 3. The number of hydrogen-bond acceptors (Lipinski definition) is 0. The normalized spacial score (nSPS) is 11.3. The third kappa shape index (κ3) is 10.2. The standard InChI is InChI=1S/C21H25.C14H14Si.C5H5.2ClH.Zr/c1-20(2,3)16-9-7-14-11-15-8-10-17(21(4,5)6)13-19(15)18(14)12-16;1-11-3-7-13(8-4-11)15-14-9-5-12(2)6-10-14;1-2-4-5-3-1;;;/h7,9-10,12-13H,11H2,1-6H3;3-10H,1-2H3;1-5H;2*1H;/q-1;;-1;;;+2/p-2. The molecule has 1 aliphatic carbocycles. The van der Waals surface area contributed by atoms with Gasteiger partial charge in [0.2, 0.25) is 0 Å². The second-order valence-electron chi connectivity index (χ2n) is 13.4. The molecule has 0 aromatic heterocycles. The third-order valence-electron chi connectivity index (χ3n) is 7.76. The van der Waals surface area contributed by atoms with Gasteiger partial charge in [-0.15, -0.1) is 5.56 Å². The molecule has 44 heavy (non-hydrogen) atoms. The van der Waals surface area contributed by atoms with Crippen LogP contribution in [0, 0.1) is 19.9 Å². The van der Waals surface area contributed by atoms with Gasteiger partial charge in [-0.2, -0.15) is 47.5 Å². The number of halogens is 2. The summed E-state index contributed by atoms with van der Waals surface area (Å²) in [5.41, 5.74) is 11.0. The molecule has 0 spiro atoms. The maximum atomic E-state index is 3.53. The smallest absolute Gasteiger partial charge is 0.172 e. The van der Waals surface area contributed by atoms with Crippen LogP contribution in [0.4, 0.5) is 0 Å². The van der Waals surface area contributed by atoms with Gasteiger partial charge in [0.15, 0.2) is 0 Å². The molecule has 0 fully saturated rings. The molecule has 0 aliphatic heterocycles. The molecule has 0 atom stereocenters. The first-order valence-corrected chi connectivity index (χ1v) is 20.1. The van der Waals surface area contributed by atoms with E-state index in [1.54, 1.807) is 23.3 Å². The van der Waals surface area contributed by atoms with E-state index in [1.165, 1.54) is 54.9 Å². The number of aryl methyl sites for hydroxylation is 2. The monoisotopic (exact) mass is 712 g/mol. The van der Waals surface area contributed by atoms with E-state index in [-0.39, 0.29) is 35.6 Å². The summed E-state index contributed by atoms with van der Waals surface area (Å²) in [6, 6.07) is 43.1. The molecule has 228 valence electrons. The van der Waals surface area contributed by atoms with Crippen molar-refractivity contribution in [1.29, 1.82) is 0 Å². The third-order valence-corrected chi connectivity index (χ3v) is 13.8. The van der Waals surface area contributed by atoms with Crippen molar-refractivity contribution in [3.8, 4) is 11.1 Å². The van der Waals surface area contributed by atoms with Crippen molar-refractivity contribution in [2.45, 2.75) is 72.6 Å². The van der Waals surface area contributed by atoms with Crippen LogP contribution >= 0.6 is 0 Å². The van der Waals surface area contributed by atoms with Crippen LogP contribution in [0.25, 0.3) is 11.1 Å². The zero-order chi connectivity index (χ0) is 30.5. The SMILES string of the molecule is CC(C)(C)c1c[c-]c2c(c1)-c1cc(C(C)(C)C)ccc1C2.Cc1ccc([Si](=[Zr+2])c2ccc(C)cc2)cc1.[Cl-].[Cl-].c1cc[cH-]c1. The molecule has 1 aliphatic rings. The molecule has 0 bridgehead atoms. The first kappa shape index (κ1) is 38.1. The molecule has 0 saturated carbocycles. The molecule has 5 aromatic carbocycles. The summed E-state index contributed by atoms with van der Waals surface area (Å²) >= 11 is 1.65. The maximum Gasteiger partial charge on any atom is -0.172 e. The van der Waals surface area contributed by atoms with Crippen LogP contribution in [0.5, 0.6) is 0 Å². The van der Waals surface area contributed by atoms with Gasteiger partial charge in [0.1, 0.15) is 0 Å². The van der Waals surface area contributed by atoms with Gasteiger partial charge in [-0.1, -0.05) is 76.3 Å². The van der Waals surface area contributed by atoms with Crippen molar-refractivity contribution in [2.24, 2.45) is 0 Å². The Morgan fingerprint density at radius 2 is 1.14 bits per heavy atom. The molecule has 0 amide bonds. The topological polar surface area (TPSA) is 0 Å². The first-order chi connectivity index (χ1) is 19.8. The fourth-order valence-electron chi connectivity index (χ4n) is 4.91. The van der Waals surface area contributed by atoms with Crippen molar-refractivity contribution in [3.05, 3.63) is 149 Å². The van der Waals surface area contributed by atoms with Crippen molar-refractivity contribution < 1.29 is 48.1 Å². The summed E-state index contributed by atoms with van der Waals surface area (Å²) < 4.78 is 0. The average Bonchev–Trinajstić information content (AvgIpc) is 3.64. The molecule has 0 unspecified atom stereocenters. The van der Waals surface area contributed by atoms with E-state index < -0.39 is 5.43 Å². The summed E-state index contributed by atoms with van der Waals surface area (Å²) in [4.78, 5) is 0. The molecular formula is C40H44Cl2SiZr-2. The van der Waals surface area contributed by atoms with Crippen molar-refractivity contribution in [1.82, 2.24) is 0 Å². The Morgan fingerprint density at radius 1 is 0.659 bits per heavy atom. The predicted molar refractivity (Wildman–Crippen MR) is 180 cm³/mol. The molecule has 0 saturated heterocycles. The maximum absolute atomic E-state index is 3.53. The number of hydrogen-bond donors (Lipinski definition) is 0. The van der Waals surface area contributed by atoms with E-state index in [0.29, 0.717) is 0 Å². The van der Waals surface area contributed by atoms with Crippen molar-refractivity contribution in [3.63, 3.8) is 0 Å². The number of benzene rings is 4. The summed E-state index contributed by atoms with van der Waals surface area (Å²) in [7, 11) is 0. The zero-order valence-electron chi connectivity index (χ0n) is 27.4. The van der Waals surface area contributed by atoms with E-state index in [0.717, 1.165) is 6.42 Å². The average molecular weight is 715 g/mol. The second kappa shape index (κ2) is 16.5.